The van der Waals surface area contributed by atoms with Crippen molar-refractivity contribution in [1.82, 2.24) is 30.0 Å². The van der Waals surface area contributed by atoms with E-state index in [0.29, 0.717) is 38.4 Å². The summed E-state index contributed by atoms with van der Waals surface area (Å²) in [7, 11) is 1.65. The summed E-state index contributed by atoms with van der Waals surface area (Å²) in [6.45, 7) is 3.80. The molecule has 0 aliphatic carbocycles. The lowest BCUT2D eigenvalue weighted by Crippen LogP contribution is -2.64. The molecule has 172 valence electrons. The number of likely N-dealkylation sites (tertiary alicyclic amines) is 1. The highest BCUT2D eigenvalue weighted by atomic mass is 32.2. The van der Waals surface area contributed by atoms with Crippen molar-refractivity contribution in [3.05, 3.63) is 18.0 Å². The van der Waals surface area contributed by atoms with E-state index in [2.05, 4.69) is 20.2 Å². The molecule has 3 N–H and O–H groups in total. The summed E-state index contributed by atoms with van der Waals surface area (Å²) in [5.41, 5.74) is 6.39. The number of hydrogen-bond acceptors (Lipinski definition) is 9. The normalized spacial score (nSPS) is 23.8. The first-order valence-electron chi connectivity index (χ1n) is 10.7. The number of thioether (sulfide) groups is 1. The molecule has 0 radical (unpaired) electrons. The Morgan fingerprint density at radius 3 is 2.75 bits per heavy atom. The average molecular weight is 461 g/mol. The number of fused-ring (bicyclic) bond motifs is 1. The first kappa shape index (κ1) is 22.3. The number of aliphatic imine (C=N–C) groups is 1. The Kier molecular flexibility index (Phi) is 6.49. The largest absolute Gasteiger partial charge is 0.369 e. The molecule has 1 aromatic rings. The van der Waals surface area contributed by atoms with Crippen LogP contribution in [0.1, 0.15) is 25.0 Å². The van der Waals surface area contributed by atoms with Gasteiger partial charge >= 0.3 is 6.03 Å². The maximum Gasteiger partial charge on any atom is 0.325 e. The summed E-state index contributed by atoms with van der Waals surface area (Å²) >= 11 is 1.57. The van der Waals surface area contributed by atoms with E-state index in [1.165, 1.54) is 4.90 Å². The second-order valence-electron chi connectivity index (χ2n) is 8.23. The molecule has 1 aromatic heterocycles. The van der Waals surface area contributed by atoms with E-state index in [1.54, 1.807) is 25.0 Å². The molecule has 4 amide bonds. The smallest absolute Gasteiger partial charge is 0.325 e. The van der Waals surface area contributed by atoms with Gasteiger partial charge in [-0.25, -0.2) is 19.8 Å². The van der Waals surface area contributed by atoms with Crippen LogP contribution in [0.5, 0.6) is 0 Å². The highest BCUT2D eigenvalue weighted by molar-refractivity contribution is 7.99. The van der Waals surface area contributed by atoms with Crippen molar-refractivity contribution in [2.24, 2.45) is 16.6 Å². The molecular formula is C20H28N8O3S. The molecule has 2 fully saturated rings. The minimum Gasteiger partial charge on any atom is -0.369 e. The predicted octanol–water partition coefficient (Wildman–Crippen LogP) is 0.0124. The second-order valence-corrected chi connectivity index (χ2v) is 9.29. The molecule has 2 atom stereocenters. The zero-order chi connectivity index (χ0) is 22.8. The van der Waals surface area contributed by atoms with Crippen molar-refractivity contribution in [2.75, 3.05) is 32.4 Å². The van der Waals surface area contributed by atoms with Crippen molar-refractivity contribution < 1.29 is 14.4 Å². The average Bonchev–Trinajstić information content (AvgIpc) is 3.15. The molecule has 11 nitrogen and oxygen atoms in total. The van der Waals surface area contributed by atoms with Crippen LogP contribution in [0.4, 0.5) is 4.79 Å². The quantitative estimate of drug-likeness (QED) is 0.344. The Balaban J connectivity index is 1.45. The maximum absolute atomic E-state index is 12.7. The van der Waals surface area contributed by atoms with Crippen LogP contribution in [0.15, 0.2) is 22.4 Å². The van der Waals surface area contributed by atoms with Crippen molar-refractivity contribution in [1.29, 1.82) is 0 Å². The number of aryl methyl sites for hydroxylation is 1. The van der Waals surface area contributed by atoms with E-state index >= 15 is 0 Å². The lowest BCUT2D eigenvalue weighted by Gasteiger charge is -2.39. The summed E-state index contributed by atoms with van der Waals surface area (Å²) in [5, 5.41) is 3.16. The van der Waals surface area contributed by atoms with Gasteiger partial charge in [0, 0.05) is 50.2 Å². The number of rotatable bonds is 6. The fraction of sp³-hybridized carbons (Fsp3) is 0.600. The minimum atomic E-state index is -0.568. The van der Waals surface area contributed by atoms with E-state index < -0.39 is 18.2 Å². The third kappa shape index (κ3) is 4.50. The van der Waals surface area contributed by atoms with Crippen LogP contribution in [0.3, 0.4) is 0 Å². The van der Waals surface area contributed by atoms with E-state index in [-0.39, 0.29) is 17.7 Å². The number of nitrogens with zero attached hydrogens (tertiary/aromatic N) is 6. The lowest BCUT2D eigenvalue weighted by molar-refractivity contribution is -0.127. The predicted molar refractivity (Wildman–Crippen MR) is 119 cm³/mol. The van der Waals surface area contributed by atoms with Crippen LogP contribution >= 0.6 is 11.8 Å². The summed E-state index contributed by atoms with van der Waals surface area (Å²) in [6.07, 6.45) is 3.27. The maximum atomic E-state index is 12.7. The number of aromatic nitrogens is 2. The van der Waals surface area contributed by atoms with Crippen LogP contribution in [0.2, 0.25) is 0 Å². The monoisotopic (exact) mass is 460 g/mol. The minimum absolute atomic E-state index is 0.137. The fourth-order valence-corrected chi connectivity index (χ4v) is 5.07. The molecule has 3 aliphatic rings. The second kappa shape index (κ2) is 9.31. The van der Waals surface area contributed by atoms with Crippen LogP contribution in [0, 0.1) is 12.8 Å². The number of likely N-dealkylation sites (N-methyl/N-ethyl adjacent to an activating group) is 1. The highest BCUT2D eigenvalue weighted by Crippen LogP contribution is 2.28. The van der Waals surface area contributed by atoms with Gasteiger partial charge in [0.05, 0.1) is 0 Å². The van der Waals surface area contributed by atoms with E-state index in [9.17, 15) is 14.4 Å². The summed E-state index contributed by atoms with van der Waals surface area (Å²) in [4.78, 5) is 55.4. The number of primary amides is 1. The van der Waals surface area contributed by atoms with Gasteiger partial charge in [0.25, 0.3) is 5.91 Å². The standard InChI is InChI=1S/C20H28N8O3S/c1-12-4-7-22-18(23-12)32-11-3-8-28-14-16(26(2)20(31)25-17(14)30)24-19(28)27-9-5-13(6-10-27)15(21)29/h4,7,13-14,16H,3,5-6,8-11H2,1-2H3,(H2,21,29)(H,25,30,31). The van der Waals surface area contributed by atoms with Gasteiger partial charge in [0.1, 0.15) is 0 Å². The number of carbonyl (C=O) groups is 3. The lowest BCUT2D eigenvalue weighted by atomic mass is 9.96. The molecule has 4 heterocycles. The number of hydrogen-bond donors (Lipinski definition) is 2. The molecule has 2 saturated heterocycles. The Bertz CT molecular complexity index is 933. The molecule has 0 bridgehead atoms. The van der Waals surface area contributed by atoms with Crippen LogP contribution in [-0.2, 0) is 9.59 Å². The van der Waals surface area contributed by atoms with Gasteiger partial charge < -0.3 is 20.4 Å². The van der Waals surface area contributed by atoms with E-state index in [1.807, 2.05) is 17.9 Å². The zero-order valence-corrected chi connectivity index (χ0v) is 19.0. The van der Waals surface area contributed by atoms with Crippen LogP contribution < -0.4 is 11.1 Å². The number of imide groups is 1. The molecule has 12 heteroatoms. The van der Waals surface area contributed by atoms with Gasteiger partial charge in [-0.15, -0.1) is 0 Å². The van der Waals surface area contributed by atoms with Crippen LogP contribution in [-0.4, -0.2) is 93.1 Å². The third-order valence-electron chi connectivity index (χ3n) is 6.07. The summed E-state index contributed by atoms with van der Waals surface area (Å²) in [5.74, 6) is 0.742. The van der Waals surface area contributed by atoms with Crippen LogP contribution in [0.25, 0.3) is 0 Å². The molecule has 32 heavy (non-hydrogen) atoms. The third-order valence-corrected chi connectivity index (χ3v) is 7.01. The fourth-order valence-electron chi connectivity index (χ4n) is 4.27. The number of piperidine rings is 1. The van der Waals surface area contributed by atoms with Crippen molar-refractivity contribution in [3.63, 3.8) is 0 Å². The van der Waals surface area contributed by atoms with Crippen molar-refractivity contribution in [3.8, 4) is 0 Å². The van der Waals surface area contributed by atoms with Gasteiger partial charge in [-0.1, -0.05) is 11.8 Å². The van der Waals surface area contributed by atoms with Crippen molar-refractivity contribution in [2.45, 2.75) is 43.6 Å². The SMILES string of the molecule is Cc1ccnc(SCCCN2C(N3CCC(C(N)=O)CC3)=NC3C2C(=O)NC(=O)N3C)n1. The first-order valence-corrected chi connectivity index (χ1v) is 11.7. The number of guanidine groups is 1. The van der Waals surface area contributed by atoms with E-state index in [0.717, 1.165) is 23.0 Å². The zero-order valence-electron chi connectivity index (χ0n) is 18.2. The number of urea groups is 1. The highest BCUT2D eigenvalue weighted by Gasteiger charge is 2.49. The van der Waals surface area contributed by atoms with Gasteiger partial charge in [-0.3, -0.25) is 14.9 Å². The Hall–Kier alpha value is -2.89. The number of carbonyl (C=O) groups excluding carboxylic acids is 3. The molecule has 0 saturated carbocycles. The topological polar surface area (TPSA) is 137 Å². The summed E-state index contributed by atoms with van der Waals surface area (Å²) in [6, 6.07) is 0.848. The molecule has 2 unspecified atom stereocenters. The molecular weight excluding hydrogens is 432 g/mol. The van der Waals surface area contributed by atoms with Crippen molar-refractivity contribution >= 4 is 35.6 Å². The number of nitrogens with two attached hydrogens (primary N) is 1. The Morgan fingerprint density at radius 2 is 2.06 bits per heavy atom. The number of nitrogens with one attached hydrogen (secondary N) is 1. The Labute approximate surface area is 190 Å². The summed E-state index contributed by atoms with van der Waals surface area (Å²) < 4.78 is 0. The molecule has 3 aliphatic heterocycles. The van der Waals surface area contributed by atoms with Gasteiger partial charge in [-0.2, -0.15) is 0 Å². The van der Waals surface area contributed by atoms with Gasteiger partial charge in [0.15, 0.2) is 23.3 Å². The Morgan fingerprint density at radius 1 is 1.31 bits per heavy atom. The number of amides is 4. The molecule has 0 aromatic carbocycles. The van der Waals surface area contributed by atoms with Gasteiger partial charge in [0.2, 0.25) is 5.91 Å². The molecule has 4 rings (SSSR count). The first-order chi connectivity index (χ1) is 15.3. The van der Waals surface area contributed by atoms with E-state index in [4.69, 9.17) is 10.7 Å². The van der Waals surface area contributed by atoms with Gasteiger partial charge in [-0.05, 0) is 32.3 Å². The molecule has 0 spiro atoms.